The van der Waals surface area contributed by atoms with Gasteiger partial charge in [0.2, 0.25) is 0 Å². The molecule has 0 spiro atoms. The van der Waals surface area contributed by atoms with Crippen molar-refractivity contribution in [3.05, 3.63) is 29.2 Å². The van der Waals surface area contributed by atoms with E-state index in [0.717, 1.165) is 0 Å². The summed E-state index contributed by atoms with van der Waals surface area (Å²) < 4.78 is 26.6. The molecule has 1 heterocycles. The lowest BCUT2D eigenvalue weighted by atomic mass is 10.2. The number of amides is 1. The Labute approximate surface area is 169 Å². The third-order valence-corrected chi connectivity index (χ3v) is 3.68. The molecule has 29 heavy (non-hydrogen) atoms. The number of rotatable bonds is 3. The molecule has 0 aromatic heterocycles. The average molecular weight is 410 g/mol. The Morgan fingerprint density at radius 3 is 2.17 bits per heavy atom. The van der Waals surface area contributed by atoms with Gasteiger partial charge in [-0.2, -0.15) is 0 Å². The van der Waals surface area contributed by atoms with Crippen LogP contribution in [0.25, 0.3) is 0 Å². The highest BCUT2D eigenvalue weighted by atomic mass is 16.7. The lowest BCUT2D eigenvalue weighted by Gasteiger charge is -2.28. The Hall–Kier alpha value is -2.72. The number of carbonyl (C=O) groups excluding carboxylic acids is 2. The largest absolute Gasteiger partial charge is 0.514 e. The van der Waals surface area contributed by atoms with Crippen molar-refractivity contribution in [3.63, 3.8) is 0 Å². The predicted octanol–water partition coefficient (Wildman–Crippen LogP) is 3.25. The van der Waals surface area contributed by atoms with Crippen molar-refractivity contribution in [2.45, 2.75) is 32.5 Å². The van der Waals surface area contributed by atoms with E-state index >= 15 is 0 Å². The van der Waals surface area contributed by atoms with Crippen LogP contribution in [0.5, 0.6) is 5.75 Å². The van der Waals surface area contributed by atoms with Gasteiger partial charge >= 0.3 is 12.2 Å². The van der Waals surface area contributed by atoms with E-state index in [1.54, 1.807) is 20.8 Å². The summed E-state index contributed by atoms with van der Waals surface area (Å²) in [5.41, 5.74) is -0.363. The molecule has 2 rings (SSSR count). The molecule has 1 fully saturated rings. The van der Waals surface area contributed by atoms with E-state index < -0.39 is 24.0 Å². The molecule has 160 valence electrons. The fraction of sp³-hybridized carbons (Fsp3) is 0.579. The molecule has 0 bridgehead atoms. The Morgan fingerprint density at radius 2 is 1.66 bits per heavy atom. The quantitative estimate of drug-likeness (QED) is 0.424. The van der Waals surface area contributed by atoms with E-state index in [1.165, 1.54) is 29.2 Å². The predicted molar refractivity (Wildman–Crippen MR) is 102 cm³/mol. The van der Waals surface area contributed by atoms with Crippen molar-refractivity contribution >= 4 is 17.9 Å². The maximum atomic E-state index is 12.2. The van der Waals surface area contributed by atoms with Gasteiger partial charge in [-0.25, -0.2) is 9.59 Å². The first-order valence-electron chi connectivity index (χ1n) is 9.22. The number of ether oxygens (including phenoxy) is 5. The first kappa shape index (κ1) is 22.6. The van der Waals surface area contributed by atoms with Gasteiger partial charge in [-0.15, -0.1) is 4.91 Å². The van der Waals surface area contributed by atoms with Gasteiger partial charge in [0, 0.05) is 13.1 Å². The number of benzene rings is 1. The summed E-state index contributed by atoms with van der Waals surface area (Å²) in [6.07, 6.45) is -2.01. The maximum absolute atomic E-state index is 12.2. The zero-order chi connectivity index (χ0) is 21.3. The van der Waals surface area contributed by atoms with Gasteiger partial charge in [0.25, 0.3) is 0 Å². The van der Waals surface area contributed by atoms with Gasteiger partial charge in [0.15, 0.2) is 6.10 Å². The lowest BCUT2D eigenvalue weighted by molar-refractivity contribution is -0.0562. The molecular formula is C19H26N2O8. The van der Waals surface area contributed by atoms with Crippen LogP contribution in [0, 0.1) is 4.91 Å². The minimum Gasteiger partial charge on any atom is -0.444 e. The van der Waals surface area contributed by atoms with E-state index in [9.17, 15) is 14.5 Å². The van der Waals surface area contributed by atoms with Gasteiger partial charge < -0.3 is 28.6 Å². The van der Waals surface area contributed by atoms with Crippen LogP contribution < -0.4 is 4.74 Å². The van der Waals surface area contributed by atoms with Crippen molar-refractivity contribution < 1.29 is 33.3 Å². The van der Waals surface area contributed by atoms with E-state index in [-0.39, 0.29) is 37.9 Å². The van der Waals surface area contributed by atoms with Crippen LogP contribution in [-0.2, 0) is 18.9 Å². The van der Waals surface area contributed by atoms with Crippen LogP contribution in [0.15, 0.2) is 29.4 Å². The highest BCUT2D eigenvalue weighted by Gasteiger charge is 2.24. The Kier molecular flexibility index (Phi) is 8.34. The molecule has 0 radical (unpaired) electrons. The third kappa shape index (κ3) is 8.44. The van der Waals surface area contributed by atoms with Crippen LogP contribution in [0.4, 0.5) is 15.3 Å². The summed E-state index contributed by atoms with van der Waals surface area (Å²) in [6, 6.07) is 5.71. The fourth-order valence-electron chi connectivity index (χ4n) is 2.35. The van der Waals surface area contributed by atoms with Gasteiger partial charge in [-0.3, -0.25) is 0 Å². The minimum absolute atomic E-state index is 0.0885. The first-order valence-corrected chi connectivity index (χ1v) is 9.22. The molecule has 0 unspecified atom stereocenters. The van der Waals surface area contributed by atoms with Crippen LogP contribution in [0.2, 0.25) is 0 Å². The highest BCUT2D eigenvalue weighted by Crippen LogP contribution is 2.18. The van der Waals surface area contributed by atoms with E-state index in [2.05, 4.69) is 5.18 Å². The average Bonchev–Trinajstić information content (AvgIpc) is 2.65. The molecule has 10 heteroatoms. The van der Waals surface area contributed by atoms with Crippen molar-refractivity contribution in [2.24, 2.45) is 5.18 Å². The normalized spacial score (nSPS) is 16.6. The molecule has 0 saturated carbocycles. The van der Waals surface area contributed by atoms with Gasteiger partial charge in [0.05, 0.1) is 26.4 Å². The summed E-state index contributed by atoms with van der Waals surface area (Å²) in [7, 11) is 0. The van der Waals surface area contributed by atoms with Gasteiger partial charge in [-0.05, 0) is 50.2 Å². The second-order valence-electron chi connectivity index (χ2n) is 7.29. The van der Waals surface area contributed by atoms with Crippen molar-refractivity contribution in [1.82, 2.24) is 4.90 Å². The molecule has 0 aliphatic carbocycles. The summed E-state index contributed by atoms with van der Waals surface area (Å²) in [6.45, 7) is 6.74. The molecule has 1 saturated heterocycles. The van der Waals surface area contributed by atoms with Crippen LogP contribution in [-0.4, -0.2) is 68.4 Å². The molecule has 1 aliphatic heterocycles. The first-order chi connectivity index (χ1) is 13.8. The standard InChI is InChI=1S/C19H26N2O8/c1-19(2,3)29-17(22)21-8-10-25-12-16(13-26-11-9-21)28-18(23)27-15-6-4-14(20-24)5-7-15/h4-7,16H,8-13H2,1-3H3. The maximum Gasteiger partial charge on any atom is 0.514 e. The van der Waals surface area contributed by atoms with Gasteiger partial charge in [-0.1, -0.05) is 0 Å². The molecule has 1 aromatic rings. The van der Waals surface area contributed by atoms with Crippen molar-refractivity contribution in [2.75, 3.05) is 39.5 Å². The van der Waals surface area contributed by atoms with E-state index in [1.807, 2.05) is 0 Å². The van der Waals surface area contributed by atoms with Crippen LogP contribution >= 0.6 is 0 Å². The SMILES string of the molecule is CC(C)(C)OC(=O)N1CCOCC(OC(=O)Oc2ccc(N=O)cc2)COCC1. The second-order valence-corrected chi connectivity index (χ2v) is 7.29. The van der Waals surface area contributed by atoms with Crippen molar-refractivity contribution in [3.8, 4) is 5.75 Å². The minimum atomic E-state index is -0.915. The molecule has 1 amide bonds. The van der Waals surface area contributed by atoms with E-state index in [4.69, 9.17) is 23.7 Å². The summed E-state index contributed by atoms with van der Waals surface area (Å²) in [5.74, 6) is 0.220. The second kappa shape index (κ2) is 10.7. The molecule has 1 aliphatic rings. The third-order valence-electron chi connectivity index (χ3n) is 3.68. The number of hydrogen-bond donors (Lipinski definition) is 0. The van der Waals surface area contributed by atoms with Crippen LogP contribution in [0.3, 0.4) is 0 Å². The molecule has 0 atom stereocenters. The Bertz CT molecular complexity index is 674. The smallest absolute Gasteiger partial charge is 0.444 e. The van der Waals surface area contributed by atoms with Crippen LogP contribution in [0.1, 0.15) is 20.8 Å². The van der Waals surface area contributed by atoms with E-state index in [0.29, 0.717) is 13.1 Å². The molecular weight excluding hydrogens is 384 g/mol. The summed E-state index contributed by atoms with van der Waals surface area (Å²) in [4.78, 5) is 36.0. The zero-order valence-electron chi connectivity index (χ0n) is 16.8. The Morgan fingerprint density at radius 1 is 1.07 bits per heavy atom. The van der Waals surface area contributed by atoms with Crippen molar-refractivity contribution in [1.29, 1.82) is 0 Å². The number of carbonyl (C=O) groups is 2. The fourth-order valence-corrected chi connectivity index (χ4v) is 2.35. The monoisotopic (exact) mass is 410 g/mol. The lowest BCUT2D eigenvalue weighted by Crippen LogP contribution is -2.42. The summed E-state index contributed by atoms with van der Waals surface area (Å²) in [5, 5.41) is 2.77. The topological polar surface area (TPSA) is 113 Å². The molecule has 10 nitrogen and oxygen atoms in total. The highest BCUT2D eigenvalue weighted by molar-refractivity contribution is 5.68. The molecule has 1 aromatic carbocycles. The van der Waals surface area contributed by atoms with Gasteiger partial charge in [0.1, 0.15) is 17.0 Å². The Balaban J connectivity index is 1.79. The summed E-state index contributed by atoms with van der Waals surface area (Å²) >= 11 is 0. The number of nitrogens with zero attached hydrogens (tertiary/aromatic N) is 2. The zero-order valence-corrected chi connectivity index (χ0v) is 16.8. The number of nitroso groups, excluding NO2 is 1. The molecule has 0 N–H and O–H groups in total. The number of hydrogen-bond acceptors (Lipinski definition) is 9.